The Kier molecular flexibility index (Phi) is 5.41. The Morgan fingerprint density at radius 3 is 2.61 bits per heavy atom. The minimum Gasteiger partial charge on any atom is -0.378 e. The Balaban J connectivity index is 1.40. The SMILES string of the molecule is CN(C)c1ccc(C(=O)Nc2nc3c(s2)CN(Cc2ccccc2)CC3)cc1. The molecule has 0 bridgehead atoms. The van der Waals surface area contributed by atoms with Gasteiger partial charge in [-0.1, -0.05) is 30.3 Å². The molecule has 1 aliphatic heterocycles. The van der Waals surface area contributed by atoms with Crippen molar-refractivity contribution in [1.82, 2.24) is 9.88 Å². The number of nitrogens with one attached hydrogen (secondary N) is 1. The number of hydrogen-bond donors (Lipinski definition) is 1. The Labute approximate surface area is 169 Å². The van der Waals surface area contributed by atoms with E-state index in [1.807, 2.05) is 49.3 Å². The summed E-state index contributed by atoms with van der Waals surface area (Å²) in [6.45, 7) is 2.82. The third-order valence-electron chi connectivity index (χ3n) is 4.93. The van der Waals surface area contributed by atoms with Gasteiger partial charge in [-0.05, 0) is 29.8 Å². The predicted molar refractivity (Wildman–Crippen MR) is 115 cm³/mol. The molecule has 0 saturated heterocycles. The Hall–Kier alpha value is -2.70. The lowest BCUT2D eigenvalue weighted by Crippen LogP contribution is -2.29. The fraction of sp³-hybridized carbons (Fsp3) is 0.273. The molecule has 1 N–H and O–H groups in total. The van der Waals surface area contributed by atoms with Gasteiger partial charge in [-0.25, -0.2) is 4.98 Å². The number of thiazole rings is 1. The molecular weight excluding hydrogens is 368 g/mol. The van der Waals surface area contributed by atoms with Crippen LogP contribution in [0, 0.1) is 0 Å². The van der Waals surface area contributed by atoms with E-state index in [1.165, 1.54) is 10.4 Å². The summed E-state index contributed by atoms with van der Waals surface area (Å²) in [6.07, 6.45) is 0.923. The van der Waals surface area contributed by atoms with E-state index < -0.39 is 0 Å². The molecule has 0 spiro atoms. The zero-order valence-electron chi connectivity index (χ0n) is 16.2. The maximum Gasteiger partial charge on any atom is 0.257 e. The monoisotopic (exact) mass is 392 g/mol. The third-order valence-corrected chi connectivity index (χ3v) is 5.92. The van der Waals surface area contributed by atoms with Crippen LogP contribution < -0.4 is 10.2 Å². The molecule has 2 heterocycles. The molecule has 0 saturated carbocycles. The molecule has 0 unspecified atom stereocenters. The highest BCUT2D eigenvalue weighted by Crippen LogP contribution is 2.29. The maximum absolute atomic E-state index is 12.5. The fourth-order valence-electron chi connectivity index (χ4n) is 3.36. The van der Waals surface area contributed by atoms with E-state index in [1.54, 1.807) is 11.3 Å². The summed E-state index contributed by atoms with van der Waals surface area (Å²) < 4.78 is 0. The minimum absolute atomic E-state index is 0.113. The van der Waals surface area contributed by atoms with Crippen LogP contribution in [0.2, 0.25) is 0 Å². The molecule has 0 fully saturated rings. The maximum atomic E-state index is 12.5. The predicted octanol–water partition coefficient (Wildman–Crippen LogP) is 4.02. The first kappa shape index (κ1) is 18.7. The normalized spacial score (nSPS) is 13.8. The van der Waals surface area contributed by atoms with Gasteiger partial charge in [0.1, 0.15) is 0 Å². The summed E-state index contributed by atoms with van der Waals surface area (Å²) in [4.78, 5) is 22.9. The van der Waals surface area contributed by atoms with Crippen molar-refractivity contribution in [1.29, 1.82) is 0 Å². The number of carbonyl (C=O) groups excluding carboxylic acids is 1. The van der Waals surface area contributed by atoms with Crippen molar-refractivity contribution in [2.45, 2.75) is 19.5 Å². The molecule has 0 radical (unpaired) electrons. The number of fused-ring (bicyclic) bond motifs is 1. The van der Waals surface area contributed by atoms with Gasteiger partial charge in [0, 0.05) is 56.3 Å². The van der Waals surface area contributed by atoms with Gasteiger partial charge in [0.05, 0.1) is 5.69 Å². The van der Waals surface area contributed by atoms with Crippen LogP contribution in [0.5, 0.6) is 0 Å². The summed E-state index contributed by atoms with van der Waals surface area (Å²) in [6, 6.07) is 18.1. The standard InChI is InChI=1S/C22H24N4OS/c1-25(2)18-10-8-17(9-11-18)21(27)24-22-23-19-12-13-26(15-20(19)28-22)14-16-6-4-3-5-7-16/h3-11H,12-15H2,1-2H3,(H,23,24,27). The van der Waals surface area contributed by atoms with Crippen molar-refractivity contribution in [2.24, 2.45) is 0 Å². The molecule has 3 aromatic rings. The number of aromatic nitrogens is 1. The molecule has 6 heteroatoms. The highest BCUT2D eigenvalue weighted by molar-refractivity contribution is 7.15. The van der Waals surface area contributed by atoms with Crippen LogP contribution in [0.4, 0.5) is 10.8 Å². The van der Waals surface area contributed by atoms with E-state index in [0.29, 0.717) is 10.7 Å². The van der Waals surface area contributed by atoms with Crippen molar-refractivity contribution in [3.05, 3.63) is 76.3 Å². The third kappa shape index (κ3) is 4.24. The number of benzene rings is 2. The molecule has 1 aromatic heterocycles. The zero-order valence-corrected chi connectivity index (χ0v) is 17.0. The van der Waals surface area contributed by atoms with E-state index >= 15 is 0 Å². The lowest BCUT2D eigenvalue weighted by atomic mass is 10.1. The van der Waals surface area contributed by atoms with Gasteiger partial charge in [-0.15, -0.1) is 11.3 Å². The van der Waals surface area contributed by atoms with E-state index in [4.69, 9.17) is 0 Å². The van der Waals surface area contributed by atoms with Crippen LogP contribution in [0.1, 0.15) is 26.5 Å². The van der Waals surface area contributed by atoms with Gasteiger partial charge in [0.25, 0.3) is 5.91 Å². The zero-order chi connectivity index (χ0) is 19.5. The van der Waals surface area contributed by atoms with Crippen molar-refractivity contribution in [3.63, 3.8) is 0 Å². The average Bonchev–Trinajstić information content (AvgIpc) is 3.10. The molecule has 1 amide bonds. The Morgan fingerprint density at radius 2 is 1.89 bits per heavy atom. The molecule has 0 aliphatic carbocycles. The summed E-state index contributed by atoms with van der Waals surface area (Å²) >= 11 is 1.59. The van der Waals surface area contributed by atoms with E-state index in [2.05, 4.69) is 39.5 Å². The second-order valence-corrected chi connectivity index (χ2v) is 8.31. The molecule has 5 nitrogen and oxygen atoms in total. The van der Waals surface area contributed by atoms with Crippen molar-refractivity contribution in [3.8, 4) is 0 Å². The van der Waals surface area contributed by atoms with Gasteiger partial charge < -0.3 is 4.90 Å². The molecule has 0 atom stereocenters. The fourth-order valence-corrected chi connectivity index (χ4v) is 4.40. The number of hydrogen-bond acceptors (Lipinski definition) is 5. The second-order valence-electron chi connectivity index (χ2n) is 7.23. The first-order chi connectivity index (χ1) is 13.6. The number of rotatable bonds is 5. The lowest BCUT2D eigenvalue weighted by molar-refractivity contribution is 0.102. The average molecular weight is 393 g/mol. The quantitative estimate of drug-likeness (QED) is 0.712. The number of amides is 1. The summed E-state index contributed by atoms with van der Waals surface area (Å²) in [7, 11) is 3.96. The second kappa shape index (κ2) is 8.12. The van der Waals surface area contributed by atoms with Crippen molar-refractivity contribution >= 4 is 28.1 Å². The largest absolute Gasteiger partial charge is 0.378 e. The van der Waals surface area contributed by atoms with E-state index in [9.17, 15) is 4.79 Å². The molecule has 2 aromatic carbocycles. The van der Waals surface area contributed by atoms with Gasteiger partial charge in [0.15, 0.2) is 5.13 Å². The van der Waals surface area contributed by atoms with Crippen LogP contribution in [-0.4, -0.2) is 36.4 Å². The minimum atomic E-state index is -0.113. The Morgan fingerprint density at radius 1 is 1.14 bits per heavy atom. The lowest BCUT2D eigenvalue weighted by Gasteiger charge is -2.25. The van der Waals surface area contributed by atoms with Gasteiger partial charge in [-0.3, -0.25) is 15.0 Å². The van der Waals surface area contributed by atoms with Crippen molar-refractivity contribution in [2.75, 3.05) is 30.9 Å². The highest BCUT2D eigenvalue weighted by atomic mass is 32.1. The summed E-state index contributed by atoms with van der Waals surface area (Å²) in [5.74, 6) is -0.113. The van der Waals surface area contributed by atoms with E-state index in [0.717, 1.165) is 37.4 Å². The van der Waals surface area contributed by atoms with Crippen LogP contribution in [-0.2, 0) is 19.5 Å². The Bertz CT molecular complexity index is 950. The molecule has 28 heavy (non-hydrogen) atoms. The molecule has 144 valence electrons. The highest BCUT2D eigenvalue weighted by Gasteiger charge is 2.21. The summed E-state index contributed by atoms with van der Waals surface area (Å²) in [5, 5.41) is 3.65. The number of anilines is 2. The van der Waals surface area contributed by atoms with Gasteiger partial charge in [-0.2, -0.15) is 0 Å². The smallest absolute Gasteiger partial charge is 0.257 e. The first-order valence-corrected chi connectivity index (χ1v) is 10.2. The van der Waals surface area contributed by atoms with Crippen LogP contribution in [0.15, 0.2) is 54.6 Å². The summed E-state index contributed by atoms with van der Waals surface area (Å²) in [5.41, 5.74) is 4.15. The number of nitrogens with zero attached hydrogens (tertiary/aromatic N) is 3. The van der Waals surface area contributed by atoms with E-state index in [-0.39, 0.29) is 5.91 Å². The first-order valence-electron chi connectivity index (χ1n) is 9.42. The van der Waals surface area contributed by atoms with Crippen molar-refractivity contribution < 1.29 is 4.79 Å². The topological polar surface area (TPSA) is 48.5 Å². The van der Waals surface area contributed by atoms with Crippen LogP contribution >= 0.6 is 11.3 Å². The van der Waals surface area contributed by atoms with Crippen LogP contribution in [0.25, 0.3) is 0 Å². The number of carbonyl (C=O) groups is 1. The van der Waals surface area contributed by atoms with Gasteiger partial charge in [0.2, 0.25) is 0 Å². The van der Waals surface area contributed by atoms with Crippen LogP contribution in [0.3, 0.4) is 0 Å². The molecule has 1 aliphatic rings. The molecular formula is C22H24N4OS. The van der Waals surface area contributed by atoms with Gasteiger partial charge >= 0.3 is 0 Å². The molecule has 4 rings (SSSR count).